The molecule has 0 amide bonds. The van der Waals surface area contributed by atoms with E-state index in [0.29, 0.717) is 0 Å². The fourth-order valence-electron chi connectivity index (χ4n) is 2.83. The summed E-state index contributed by atoms with van der Waals surface area (Å²) in [5, 5.41) is 67.8. The average Bonchev–Trinajstić information content (AvgIpc) is 2.57. The van der Waals surface area contributed by atoms with Crippen LogP contribution in [0.2, 0.25) is 0 Å². The first-order chi connectivity index (χ1) is 11.3. The van der Waals surface area contributed by atoms with Crippen molar-refractivity contribution in [3.05, 3.63) is 0 Å². The third-order valence-corrected chi connectivity index (χ3v) is 4.22. The van der Waals surface area contributed by atoms with Crippen molar-refractivity contribution in [1.29, 1.82) is 0 Å². The third kappa shape index (κ3) is 3.71. The van der Waals surface area contributed by atoms with Crippen LogP contribution in [0.15, 0.2) is 0 Å². The molecule has 0 aromatic carbocycles. The smallest absolute Gasteiger partial charge is 0.187 e. The molecule has 2 fully saturated rings. The molecule has 11 nitrogen and oxygen atoms in total. The second-order valence-electron chi connectivity index (χ2n) is 5.74. The van der Waals surface area contributed by atoms with Crippen molar-refractivity contribution in [2.75, 3.05) is 20.3 Å². The first kappa shape index (κ1) is 19.9. The molecule has 2 heterocycles. The predicted molar refractivity (Wildman–Crippen MR) is 73.4 cm³/mol. The summed E-state index contributed by atoms with van der Waals surface area (Å²) in [4.78, 5) is 0. The highest BCUT2D eigenvalue weighted by atomic mass is 16.7. The molecule has 0 aromatic heterocycles. The summed E-state index contributed by atoms with van der Waals surface area (Å²) < 4.78 is 20.6. The van der Waals surface area contributed by atoms with Crippen molar-refractivity contribution in [2.45, 2.75) is 61.4 Å². The Hall–Kier alpha value is -0.440. The van der Waals surface area contributed by atoms with Gasteiger partial charge in [-0.05, 0) is 0 Å². The molecule has 11 heteroatoms. The van der Waals surface area contributed by atoms with Gasteiger partial charge in [0, 0.05) is 7.11 Å². The minimum absolute atomic E-state index is 0.581. The fourth-order valence-corrected chi connectivity index (χ4v) is 2.83. The molecule has 2 saturated heterocycles. The monoisotopic (exact) mass is 356 g/mol. The van der Waals surface area contributed by atoms with E-state index in [0.717, 1.165) is 0 Å². The number of hydrogen-bond donors (Lipinski definition) is 7. The lowest BCUT2D eigenvalue weighted by atomic mass is 9.97. The number of hydrogen-bond acceptors (Lipinski definition) is 11. The second kappa shape index (κ2) is 8.29. The molecule has 0 spiro atoms. The molecular weight excluding hydrogens is 332 g/mol. The number of ether oxygens (including phenoxy) is 4. The summed E-state index contributed by atoms with van der Waals surface area (Å²) in [7, 11) is 1.24. The molecule has 0 aliphatic carbocycles. The van der Waals surface area contributed by atoms with E-state index in [1.54, 1.807) is 0 Å². The van der Waals surface area contributed by atoms with E-state index in [1.807, 2.05) is 0 Å². The molecule has 0 radical (unpaired) electrons. The number of rotatable bonds is 5. The van der Waals surface area contributed by atoms with Crippen LogP contribution in [0.25, 0.3) is 0 Å². The fraction of sp³-hybridized carbons (Fsp3) is 1.00. The zero-order valence-electron chi connectivity index (χ0n) is 13.0. The minimum atomic E-state index is -1.71. The van der Waals surface area contributed by atoms with Gasteiger partial charge in [-0.3, -0.25) is 0 Å². The highest BCUT2D eigenvalue weighted by Gasteiger charge is 2.50. The topological polar surface area (TPSA) is 179 Å². The Kier molecular flexibility index (Phi) is 6.87. The van der Waals surface area contributed by atoms with Gasteiger partial charge in [-0.15, -0.1) is 0 Å². The van der Waals surface area contributed by atoms with Gasteiger partial charge in [0.25, 0.3) is 0 Å². The Morgan fingerprint density at radius 1 is 0.750 bits per heavy atom. The first-order valence-corrected chi connectivity index (χ1v) is 7.46. The van der Waals surface area contributed by atoms with Gasteiger partial charge in [-0.25, -0.2) is 0 Å². The van der Waals surface area contributed by atoms with E-state index in [2.05, 4.69) is 0 Å². The van der Waals surface area contributed by atoms with Crippen LogP contribution in [0.1, 0.15) is 0 Å². The lowest BCUT2D eigenvalue weighted by molar-refractivity contribution is -0.356. The van der Waals surface area contributed by atoms with E-state index in [4.69, 9.17) is 18.9 Å². The van der Waals surface area contributed by atoms with Crippen LogP contribution >= 0.6 is 0 Å². The van der Waals surface area contributed by atoms with Crippen LogP contribution in [0.3, 0.4) is 0 Å². The van der Waals surface area contributed by atoms with E-state index in [9.17, 15) is 35.7 Å². The van der Waals surface area contributed by atoms with Crippen molar-refractivity contribution in [1.82, 2.24) is 0 Å². The van der Waals surface area contributed by atoms with Crippen molar-refractivity contribution in [3.63, 3.8) is 0 Å². The zero-order valence-corrected chi connectivity index (χ0v) is 13.0. The molecule has 10 atom stereocenters. The molecule has 2 rings (SSSR count). The lowest BCUT2D eigenvalue weighted by Crippen LogP contribution is -2.64. The molecule has 142 valence electrons. The van der Waals surface area contributed by atoms with Gasteiger partial charge >= 0.3 is 0 Å². The maximum absolute atomic E-state index is 10.2. The molecule has 2 aliphatic rings. The van der Waals surface area contributed by atoms with E-state index in [1.165, 1.54) is 7.11 Å². The summed E-state index contributed by atoms with van der Waals surface area (Å²) in [6, 6.07) is 0. The Bertz CT molecular complexity index is 394. The minimum Gasteiger partial charge on any atom is -0.394 e. The molecule has 0 aromatic rings. The van der Waals surface area contributed by atoms with Crippen molar-refractivity contribution < 1.29 is 54.7 Å². The largest absolute Gasteiger partial charge is 0.394 e. The average molecular weight is 356 g/mol. The number of methoxy groups -OCH3 is 1. The number of aliphatic hydroxyl groups excluding tert-OH is 7. The van der Waals surface area contributed by atoms with Crippen LogP contribution < -0.4 is 0 Å². The molecular formula is C13H24O11. The Morgan fingerprint density at radius 3 is 1.92 bits per heavy atom. The summed E-state index contributed by atoms with van der Waals surface area (Å²) in [6.45, 7) is -1.23. The van der Waals surface area contributed by atoms with Gasteiger partial charge in [0.15, 0.2) is 12.6 Å². The second-order valence-corrected chi connectivity index (χ2v) is 5.74. The van der Waals surface area contributed by atoms with Gasteiger partial charge in [-0.1, -0.05) is 0 Å². The van der Waals surface area contributed by atoms with Crippen molar-refractivity contribution >= 4 is 0 Å². The zero-order chi connectivity index (χ0) is 18.0. The van der Waals surface area contributed by atoms with E-state index < -0.39 is 74.6 Å². The van der Waals surface area contributed by atoms with Gasteiger partial charge in [0.05, 0.1) is 13.2 Å². The van der Waals surface area contributed by atoms with Crippen LogP contribution in [-0.4, -0.2) is 117 Å². The quantitative estimate of drug-likeness (QED) is 0.251. The van der Waals surface area contributed by atoms with Crippen LogP contribution in [0, 0.1) is 0 Å². The predicted octanol–water partition coefficient (Wildman–Crippen LogP) is -4.74. The lowest BCUT2D eigenvalue weighted by Gasteiger charge is -2.45. The molecule has 24 heavy (non-hydrogen) atoms. The molecule has 7 N–H and O–H groups in total. The van der Waals surface area contributed by atoms with Gasteiger partial charge < -0.3 is 54.7 Å². The summed E-state index contributed by atoms with van der Waals surface area (Å²) in [5.41, 5.74) is 0. The van der Waals surface area contributed by atoms with E-state index >= 15 is 0 Å². The third-order valence-electron chi connectivity index (χ3n) is 4.22. The van der Waals surface area contributed by atoms with E-state index in [-0.39, 0.29) is 0 Å². The maximum atomic E-state index is 10.2. The van der Waals surface area contributed by atoms with Crippen LogP contribution in [0.4, 0.5) is 0 Å². The SMILES string of the molecule is COC1[C@@H](O)C(CO)O[C@@H](O[C@@H]2C(CO)O[C@@H](O)[C@@H](O)C2O)[C@H]1O. The Morgan fingerprint density at radius 2 is 1.38 bits per heavy atom. The Labute approximate surface area is 137 Å². The maximum Gasteiger partial charge on any atom is 0.187 e. The van der Waals surface area contributed by atoms with Crippen molar-refractivity contribution in [2.24, 2.45) is 0 Å². The summed E-state index contributed by atoms with van der Waals surface area (Å²) in [5.74, 6) is 0. The van der Waals surface area contributed by atoms with Crippen molar-refractivity contribution in [3.8, 4) is 0 Å². The Balaban J connectivity index is 2.14. The van der Waals surface area contributed by atoms with Gasteiger partial charge in [0.1, 0.15) is 48.8 Å². The van der Waals surface area contributed by atoms with Gasteiger partial charge in [0.2, 0.25) is 0 Å². The standard InChI is InChI=1S/C13H24O11/c1-21-11-6(16)4(2-14)23-13(9(11)19)24-10-5(3-15)22-12(20)8(18)7(10)17/h4-20H,2-3H2,1H3/t4?,5?,6-,7?,8-,9-,10+,11?,12+,13-/m0/s1. The normalized spacial score (nSPS) is 50.0. The summed E-state index contributed by atoms with van der Waals surface area (Å²) >= 11 is 0. The van der Waals surface area contributed by atoms with Crippen LogP contribution in [0.5, 0.6) is 0 Å². The molecule has 2 aliphatic heterocycles. The van der Waals surface area contributed by atoms with Crippen LogP contribution in [-0.2, 0) is 18.9 Å². The first-order valence-electron chi connectivity index (χ1n) is 7.46. The van der Waals surface area contributed by atoms with Gasteiger partial charge in [-0.2, -0.15) is 0 Å². The highest BCUT2D eigenvalue weighted by Crippen LogP contribution is 2.29. The number of aliphatic hydroxyl groups is 7. The summed E-state index contributed by atoms with van der Waals surface area (Å²) in [6.07, 6.45) is -14.1. The molecule has 4 unspecified atom stereocenters. The molecule has 0 bridgehead atoms. The molecule has 0 saturated carbocycles. The highest BCUT2D eigenvalue weighted by molar-refractivity contribution is 4.94.